The van der Waals surface area contributed by atoms with E-state index in [0.717, 1.165) is 32.8 Å². The van der Waals surface area contributed by atoms with Crippen LogP contribution < -0.4 is 5.32 Å². The molecule has 1 aliphatic rings. The number of nitrogens with one attached hydrogen (secondary N) is 1. The predicted octanol–water partition coefficient (Wildman–Crippen LogP) is 4.47. The smallest absolute Gasteiger partial charge is 0.363 e. The number of benzene rings is 1. The molecule has 10 heteroatoms. The van der Waals surface area contributed by atoms with E-state index in [1.54, 1.807) is 11.7 Å². The molecule has 3 heterocycles. The molecule has 0 spiro atoms. The number of carbonyl (C=O) groups excluding carboxylic acids is 1. The van der Waals surface area contributed by atoms with Gasteiger partial charge in [-0.2, -0.15) is 23.4 Å². The van der Waals surface area contributed by atoms with Crippen molar-refractivity contribution in [3.05, 3.63) is 64.1 Å². The first-order valence-corrected chi connectivity index (χ1v) is 10.7. The second-order valence-corrected chi connectivity index (χ2v) is 8.69. The Balaban J connectivity index is 1.67. The molecule has 1 aliphatic heterocycles. The normalized spacial score (nSPS) is 18.1. The molecule has 0 fully saturated rings. The lowest BCUT2D eigenvalue weighted by atomic mass is 9.96. The van der Waals surface area contributed by atoms with Gasteiger partial charge in [0.05, 0.1) is 17.9 Å². The van der Waals surface area contributed by atoms with Crippen molar-refractivity contribution in [2.24, 2.45) is 7.05 Å². The van der Waals surface area contributed by atoms with Crippen molar-refractivity contribution < 1.29 is 18.0 Å². The van der Waals surface area contributed by atoms with Crippen molar-refractivity contribution in [3.8, 4) is 0 Å². The minimum Gasteiger partial charge on any atom is -0.363 e. The zero-order valence-electron chi connectivity index (χ0n) is 19.2. The van der Waals surface area contributed by atoms with E-state index in [9.17, 15) is 18.0 Å². The number of hydrogen-bond donors (Lipinski definition) is 1. The maximum absolute atomic E-state index is 13.9. The Bertz CT molecular complexity index is 1180. The maximum Gasteiger partial charge on any atom is 0.410 e. The van der Waals surface area contributed by atoms with Gasteiger partial charge in [-0.25, -0.2) is 4.68 Å². The molecule has 7 nitrogen and oxygen atoms in total. The van der Waals surface area contributed by atoms with E-state index < -0.39 is 24.2 Å². The van der Waals surface area contributed by atoms with Crippen LogP contribution in [-0.2, 0) is 13.6 Å². The van der Waals surface area contributed by atoms with E-state index in [1.807, 2.05) is 52.1 Å². The lowest BCUT2D eigenvalue weighted by Gasteiger charge is -2.34. The topological polar surface area (TPSA) is 68.0 Å². The molecule has 0 unspecified atom stereocenters. The number of nitrogens with zero attached hydrogens (tertiary/aromatic N) is 5. The third-order valence-corrected chi connectivity index (χ3v) is 6.35. The summed E-state index contributed by atoms with van der Waals surface area (Å²) >= 11 is 0. The Hall–Kier alpha value is -3.30. The Kier molecular flexibility index (Phi) is 5.71. The van der Waals surface area contributed by atoms with Gasteiger partial charge in [-0.3, -0.25) is 9.48 Å². The first-order chi connectivity index (χ1) is 15.5. The summed E-state index contributed by atoms with van der Waals surface area (Å²) in [5, 5.41) is 11.5. The monoisotopic (exact) mass is 460 g/mol. The molecular weight excluding hydrogens is 433 g/mol. The number of hydrogen-bond acceptors (Lipinski definition) is 4. The van der Waals surface area contributed by atoms with Crippen LogP contribution in [0, 0.1) is 20.8 Å². The lowest BCUT2D eigenvalue weighted by molar-refractivity contribution is -0.173. The van der Waals surface area contributed by atoms with E-state index in [4.69, 9.17) is 0 Å². The van der Waals surface area contributed by atoms with E-state index in [1.165, 1.54) is 11.1 Å². The Morgan fingerprint density at radius 1 is 1.21 bits per heavy atom. The fourth-order valence-corrected chi connectivity index (χ4v) is 4.30. The highest BCUT2D eigenvalue weighted by Gasteiger charge is 2.47. The number of rotatable bonds is 4. The van der Waals surface area contributed by atoms with Gasteiger partial charge in [-0.1, -0.05) is 29.8 Å². The van der Waals surface area contributed by atoms with Gasteiger partial charge in [-0.15, -0.1) is 0 Å². The summed E-state index contributed by atoms with van der Waals surface area (Å²) in [5.41, 5.74) is 4.51. The van der Waals surface area contributed by atoms with Gasteiger partial charge in [0.25, 0.3) is 5.91 Å². The fraction of sp³-hybridized carbons (Fsp3) is 0.435. The minimum absolute atomic E-state index is 0.0885. The van der Waals surface area contributed by atoms with Crippen LogP contribution in [0.25, 0.3) is 0 Å². The summed E-state index contributed by atoms with van der Waals surface area (Å²) < 4.78 is 44.4. The lowest BCUT2D eigenvalue weighted by Crippen LogP contribution is -2.36. The number of alkyl halides is 3. The van der Waals surface area contributed by atoms with Crippen LogP contribution in [0.4, 0.5) is 19.0 Å². The molecule has 0 radical (unpaired) electrons. The van der Waals surface area contributed by atoms with E-state index in [2.05, 4.69) is 15.5 Å². The summed E-state index contributed by atoms with van der Waals surface area (Å²) in [5.74, 6) is -0.317. The third kappa shape index (κ3) is 4.21. The highest BCUT2D eigenvalue weighted by molar-refractivity contribution is 5.98. The Labute approximate surface area is 190 Å². The Morgan fingerprint density at radius 3 is 2.45 bits per heavy atom. The largest absolute Gasteiger partial charge is 0.410 e. The van der Waals surface area contributed by atoms with E-state index in [0.29, 0.717) is 6.54 Å². The van der Waals surface area contributed by atoms with Crippen LogP contribution in [0.2, 0.25) is 0 Å². The second-order valence-electron chi connectivity index (χ2n) is 8.69. The number of aromatic nitrogens is 4. The first kappa shape index (κ1) is 22.9. The molecule has 4 rings (SSSR count). The van der Waals surface area contributed by atoms with Crippen molar-refractivity contribution in [2.45, 2.75) is 52.0 Å². The number of amides is 1. The molecule has 176 valence electrons. The molecule has 2 atom stereocenters. The standard InChI is InChI=1S/C23H27F3N6O/c1-13-6-8-16(9-7-13)19-10-20(23(24,25)26)32-21(28-19)17(11-27-32)22(33)30(4)12-18-14(2)29-31(5)15(18)3/h6-9,11,19-20,28H,10,12H2,1-5H3/t19-,20-/m1/s1. The van der Waals surface area contributed by atoms with Crippen LogP contribution in [0.3, 0.4) is 0 Å². The third-order valence-electron chi connectivity index (χ3n) is 6.35. The van der Waals surface area contributed by atoms with Crippen molar-refractivity contribution >= 4 is 11.7 Å². The average molecular weight is 461 g/mol. The Morgan fingerprint density at radius 2 is 1.88 bits per heavy atom. The van der Waals surface area contributed by atoms with Crippen molar-refractivity contribution in [1.82, 2.24) is 24.5 Å². The SMILES string of the molecule is Cc1ccc([C@H]2C[C@H](C(F)(F)F)n3ncc(C(=O)N(C)Cc4c(C)nn(C)c4C)c3N2)cc1. The van der Waals surface area contributed by atoms with Crippen molar-refractivity contribution in [1.29, 1.82) is 0 Å². The van der Waals surface area contributed by atoms with Crippen molar-refractivity contribution in [2.75, 3.05) is 12.4 Å². The van der Waals surface area contributed by atoms with Gasteiger partial charge < -0.3 is 10.2 Å². The van der Waals surface area contributed by atoms with Crippen LogP contribution in [0.5, 0.6) is 0 Å². The quantitative estimate of drug-likeness (QED) is 0.624. The number of aryl methyl sites for hydroxylation is 3. The maximum atomic E-state index is 13.9. The molecule has 1 amide bonds. The van der Waals surface area contributed by atoms with Gasteiger partial charge in [0.15, 0.2) is 6.04 Å². The highest BCUT2D eigenvalue weighted by Crippen LogP contribution is 2.44. The molecular formula is C23H27F3N6O. The van der Waals surface area contributed by atoms with E-state index >= 15 is 0 Å². The van der Waals surface area contributed by atoms with Gasteiger partial charge in [0, 0.05) is 38.3 Å². The summed E-state index contributed by atoms with van der Waals surface area (Å²) in [4.78, 5) is 14.8. The predicted molar refractivity (Wildman–Crippen MR) is 118 cm³/mol. The molecule has 0 bridgehead atoms. The summed E-state index contributed by atoms with van der Waals surface area (Å²) in [6, 6.07) is 4.94. The minimum atomic E-state index is -4.50. The highest BCUT2D eigenvalue weighted by atomic mass is 19.4. The van der Waals surface area contributed by atoms with Crippen LogP contribution in [0.1, 0.15) is 56.9 Å². The molecule has 0 saturated heterocycles. The number of anilines is 1. The van der Waals surface area contributed by atoms with Crippen LogP contribution in [-0.4, -0.2) is 43.6 Å². The molecule has 2 aromatic heterocycles. The zero-order valence-corrected chi connectivity index (χ0v) is 19.2. The number of halogens is 3. The molecule has 0 saturated carbocycles. The molecule has 3 aromatic rings. The van der Waals surface area contributed by atoms with E-state index in [-0.39, 0.29) is 17.8 Å². The van der Waals surface area contributed by atoms with Crippen LogP contribution >= 0.6 is 0 Å². The number of carbonyl (C=O) groups is 1. The molecule has 1 aromatic carbocycles. The number of fused-ring (bicyclic) bond motifs is 1. The van der Waals surface area contributed by atoms with Gasteiger partial charge >= 0.3 is 6.18 Å². The van der Waals surface area contributed by atoms with Crippen molar-refractivity contribution in [3.63, 3.8) is 0 Å². The van der Waals surface area contributed by atoms with Gasteiger partial charge in [0.2, 0.25) is 0 Å². The summed E-state index contributed by atoms with van der Waals surface area (Å²) in [6.07, 6.45) is -3.48. The average Bonchev–Trinajstić information content (AvgIpc) is 3.28. The molecule has 33 heavy (non-hydrogen) atoms. The molecule has 1 N–H and O–H groups in total. The zero-order chi connectivity index (χ0) is 24.1. The van der Waals surface area contributed by atoms with Gasteiger partial charge in [0.1, 0.15) is 11.4 Å². The summed E-state index contributed by atoms with van der Waals surface area (Å²) in [7, 11) is 3.45. The first-order valence-electron chi connectivity index (χ1n) is 10.7. The fourth-order valence-electron chi connectivity index (χ4n) is 4.30. The second kappa shape index (κ2) is 8.24. The van der Waals surface area contributed by atoms with Gasteiger partial charge in [-0.05, 0) is 26.3 Å². The summed E-state index contributed by atoms with van der Waals surface area (Å²) in [6.45, 7) is 5.99. The van der Waals surface area contributed by atoms with Crippen LogP contribution in [0.15, 0.2) is 30.5 Å². The molecule has 0 aliphatic carbocycles.